The SMILES string of the molecule is O=C(Cn1c(-c2ccccn2)nc2ccccc21)Nc1cccc(F)c1. The molecule has 1 amide bonds. The highest BCUT2D eigenvalue weighted by Gasteiger charge is 2.16. The maximum atomic E-state index is 13.3. The van der Waals surface area contributed by atoms with Gasteiger partial charge in [-0.2, -0.15) is 0 Å². The predicted molar refractivity (Wildman–Crippen MR) is 98.0 cm³/mol. The van der Waals surface area contributed by atoms with Gasteiger partial charge in [-0.25, -0.2) is 9.37 Å². The van der Waals surface area contributed by atoms with Crippen molar-refractivity contribution in [3.63, 3.8) is 0 Å². The summed E-state index contributed by atoms with van der Waals surface area (Å²) in [5.74, 6) is -0.0535. The summed E-state index contributed by atoms with van der Waals surface area (Å²) in [6, 6.07) is 19.0. The van der Waals surface area contributed by atoms with Gasteiger partial charge in [0.1, 0.15) is 18.1 Å². The highest BCUT2D eigenvalue weighted by atomic mass is 19.1. The van der Waals surface area contributed by atoms with Gasteiger partial charge < -0.3 is 9.88 Å². The van der Waals surface area contributed by atoms with Crippen LogP contribution in [0.4, 0.5) is 10.1 Å². The van der Waals surface area contributed by atoms with Gasteiger partial charge in [-0.3, -0.25) is 9.78 Å². The van der Waals surface area contributed by atoms with Gasteiger partial charge >= 0.3 is 0 Å². The first-order valence-electron chi connectivity index (χ1n) is 8.13. The first-order valence-corrected chi connectivity index (χ1v) is 8.13. The van der Waals surface area contributed by atoms with Crippen LogP contribution in [-0.2, 0) is 11.3 Å². The molecule has 0 aliphatic carbocycles. The Kier molecular flexibility index (Phi) is 4.15. The highest BCUT2D eigenvalue weighted by Crippen LogP contribution is 2.23. The third-order valence-electron chi connectivity index (χ3n) is 3.96. The molecule has 0 aliphatic rings. The fraction of sp³-hybridized carbons (Fsp3) is 0.0500. The lowest BCUT2D eigenvalue weighted by molar-refractivity contribution is -0.116. The van der Waals surface area contributed by atoms with E-state index in [9.17, 15) is 9.18 Å². The van der Waals surface area contributed by atoms with Crippen molar-refractivity contribution in [2.75, 3.05) is 5.32 Å². The number of carbonyl (C=O) groups is 1. The van der Waals surface area contributed by atoms with Crippen LogP contribution in [0, 0.1) is 5.82 Å². The average molecular weight is 346 g/mol. The van der Waals surface area contributed by atoms with Gasteiger partial charge in [0.15, 0.2) is 5.82 Å². The molecule has 4 aromatic rings. The minimum Gasteiger partial charge on any atom is -0.324 e. The number of hydrogen-bond donors (Lipinski definition) is 1. The van der Waals surface area contributed by atoms with Gasteiger partial charge in [-0.15, -0.1) is 0 Å². The molecule has 0 aliphatic heterocycles. The summed E-state index contributed by atoms with van der Waals surface area (Å²) in [6.45, 7) is 0.0446. The third kappa shape index (κ3) is 3.17. The highest BCUT2D eigenvalue weighted by molar-refractivity contribution is 5.92. The predicted octanol–water partition coefficient (Wildman–Crippen LogP) is 3.88. The second-order valence-electron chi connectivity index (χ2n) is 5.78. The summed E-state index contributed by atoms with van der Waals surface area (Å²) < 4.78 is 15.1. The van der Waals surface area contributed by atoms with Crippen LogP contribution in [0.2, 0.25) is 0 Å². The van der Waals surface area contributed by atoms with Gasteiger partial charge in [-0.1, -0.05) is 24.3 Å². The fourth-order valence-corrected chi connectivity index (χ4v) is 2.84. The smallest absolute Gasteiger partial charge is 0.244 e. The van der Waals surface area contributed by atoms with Crippen molar-refractivity contribution in [1.82, 2.24) is 14.5 Å². The first-order chi connectivity index (χ1) is 12.7. The van der Waals surface area contributed by atoms with E-state index >= 15 is 0 Å². The zero-order valence-corrected chi connectivity index (χ0v) is 13.8. The second-order valence-corrected chi connectivity index (χ2v) is 5.78. The van der Waals surface area contributed by atoms with Crippen molar-refractivity contribution in [2.45, 2.75) is 6.54 Å². The van der Waals surface area contributed by atoms with E-state index in [-0.39, 0.29) is 12.5 Å². The number of fused-ring (bicyclic) bond motifs is 1. The van der Waals surface area contributed by atoms with E-state index in [1.807, 2.05) is 47.0 Å². The normalized spacial score (nSPS) is 10.8. The summed E-state index contributed by atoms with van der Waals surface area (Å²) in [5, 5.41) is 2.72. The number of hydrogen-bond acceptors (Lipinski definition) is 3. The van der Waals surface area contributed by atoms with E-state index in [1.54, 1.807) is 18.3 Å². The van der Waals surface area contributed by atoms with Crippen LogP contribution in [-0.4, -0.2) is 20.4 Å². The van der Waals surface area contributed by atoms with Gasteiger partial charge in [0.2, 0.25) is 5.91 Å². The molecular formula is C20H15FN4O. The summed E-state index contributed by atoms with van der Waals surface area (Å²) >= 11 is 0. The van der Waals surface area contributed by atoms with Crippen molar-refractivity contribution >= 4 is 22.6 Å². The molecule has 0 radical (unpaired) electrons. The molecule has 5 nitrogen and oxygen atoms in total. The molecule has 0 fully saturated rings. The molecule has 4 rings (SSSR count). The molecule has 6 heteroatoms. The quantitative estimate of drug-likeness (QED) is 0.610. The number of halogens is 1. The van der Waals surface area contributed by atoms with Crippen LogP contribution in [0.5, 0.6) is 0 Å². The number of anilines is 1. The number of benzene rings is 2. The Hall–Kier alpha value is -3.54. The van der Waals surface area contributed by atoms with E-state index in [1.165, 1.54) is 12.1 Å². The molecule has 2 aromatic heterocycles. The molecule has 0 saturated carbocycles. The number of rotatable bonds is 4. The topological polar surface area (TPSA) is 59.8 Å². The summed E-state index contributed by atoms with van der Waals surface area (Å²) in [7, 11) is 0. The van der Waals surface area contributed by atoms with Crippen LogP contribution in [0.1, 0.15) is 0 Å². The number of nitrogens with one attached hydrogen (secondary N) is 1. The minimum atomic E-state index is -0.398. The van der Waals surface area contributed by atoms with E-state index < -0.39 is 5.82 Å². The first kappa shape index (κ1) is 16.0. The fourth-order valence-electron chi connectivity index (χ4n) is 2.84. The lowest BCUT2D eigenvalue weighted by atomic mass is 10.3. The Balaban J connectivity index is 1.70. The summed E-state index contributed by atoms with van der Waals surface area (Å²) in [6.07, 6.45) is 1.69. The maximum absolute atomic E-state index is 13.3. The van der Waals surface area contributed by atoms with Gasteiger partial charge in [0.25, 0.3) is 0 Å². The molecule has 0 unspecified atom stereocenters. The molecule has 26 heavy (non-hydrogen) atoms. The Morgan fingerprint density at radius 3 is 2.69 bits per heavy atom. The molecule has 2 heterocycles. The Labute approximate surface area is 149 Å². The zero-order valence-electron chi connectivity index (χ0n) is 13.8. The Morgan fingerprint density at radius 2 is 1.88 bits per heavy atom. The van der Waals surface area contributed by atoms with Crippen molar-refractivity contribution < 1.29 is 9.18 Å². The van der Waals surface area contributed by atoms with Crippen molar-refractivity contribution in [3.05, 3.63) is 78.7 Å². The molecule has 128 valence electrons. The average Bonchev–Trinajstić information content (AvgIpc) is 3.01. The second kappa shape index (κ2) is 6.76. The van der Waals surface area contributed by atoms with E-state index in [0.717, 1.165) is 11.0 Å². The summed E-state index contributed by atoms with van der Waals surface area (Å²) in [4.78, 5) is 21.5. The Bertz CT molecular complexity index is 1080. The van der Waals surface area contributed by atoms with E-state index in [0.29, 0.717) is 17.2 Å². The molecule has 0 bridgehead atoms. The number of imidazole rings is 1. The monoisotopic (exact) mass is 346 g/mol. The summed E-state index contributed by atoms with van der Waals surface area (Å²) in [5.41, 5.74) is 2.72. The van der Waals surface area contributed by atoms with Crippen LogP contribution in [0.15, 0.2) is 72.9 Å². The van der Waals surface area contributed by atoms with Crippen molar-refractivity contribution in [3.8, 4) is 11.5 Å². The number of amides is 1. The lowest BCUT2D eigenvalue weighted by Gasteiger charge is -2.10. The molecule has 0 atom stereocenters. The van der Waals surface area contributed by atoms with Gasteiger partial charge in [-0.05, 0) is 42.5 Å². The van der Waals surface area contributed by atoms with E-state index in [4.69, 9.17) is 0 Å². The van der Waals surface area contributed by atoms with Crippen LogP contribution in [0.25, 0.3) is 22.6 Å². The van der Waals surface area contributed by atoms with Gasteiger partial charge in [0, 0.05) is 11.9 Å². The maximum Gasteiger partial charge on any atom is 0.244 e. The van der Waals surface area contributed by atoms with Crippen LogP contribution in [0.3, 0.4) is 0 Å². The lowest BCUT2D eigenvalue weighted by Crippen LogP contribution is -2.19. The minimum absolute atomic E-state index is 0.0446. The molecular weight excluding hydrogens is 331 g/mol. The number of aromatic nitrogens is 3. The van der Waals surface area contributed by atoms with Gasteiger partial charge in [0.05, 0.1) is 11.0 Å². The molecule has 0 saturated heterocycles. The number of carbonyl (C=O) groups excluding carboxylic acids is 1. The number of nitrogens with zero attached hydrogens (tertiary/aromatic N) is 3. The molecule has 0 spiro atoms. The zero-order chi connectivity index (χ0) is 17.9. The number of para-hydroxylation sites is 2. The van der Waals surface area contributed by atoms with Crippen molar-refractivity contribution in [2.24, 2.45) is 0 Å². The van der Waals surface area contributed by atoms with Crippen molar-refractivity contribution in [1.29, 1.82) is 0 Å². The van der Waals surface area contributed by atoms with Crippen LogP contribution >= 0.6 is 0 Å². The van der Waals surface area contributed by atoms with Crippen LogP contribution < -0.4 is 5.32 Å². The third-order valence-corrected chi connectivity index (χ3v) is 3.96. The largest absolute Gasteiger partial charge is 0.324 e. The number of pyridine rings is 1. The molecule has 2 aromatic carbocycles. The standard InChI is InChI=1S/C20H15FN4O/c21-14-6-5-7-15(12-14)23-19(26)13-25-18-10-2-1-8-16(18)24-20(25)17-9-3-4-11-22-17/h1-12H,13H2,(H,23,26). The molecule has 1 N–H and O–H groups in total. The Morgan fingerprint density at radius 1 is 1.04 bits per heavy atom. The van der Waals surface area contributed by atoms with E-state index in [2.05, 4.69) is 15.3 Å².